The average Bonchev–Trinajstić information content (AvgIpc) is 3.48. The summed E-state index contributed by atoms with van der Waals surface area (Å²) in [5, 5.41) is 9.18. The van der Waals surface area contributed by atoms with Crippen LogP contribution >= 0.6 is 0 Å². The van der Waals surface area contributed by atoms with Gasteiger partial charge in [-0.15, -0.1) is 0 Å². The Kier molecular flexibility index (Phi) is 6.24. The van der Waals surface area contributed by atoms with E-state index in [1.165, 1.54) is 0 Å². The zero-order valence-corrected chi connectivity index (χ0v) is 14.7. The van der Waals surface area contributed by atoms with Crippen LogP contribution in [0.25, 0.3) is 0 Å². The lowest BCUT2D eigenvalue weighted by molar-refractivity contribution is -0.138. The summed E-state index contributed by atoms with van der Waals surface area (Å²) >= 11 is 0. The molecule has 1 aliphatic rings. The highest BCUT2D eigenvalue weighted by Crippen LogP contribution is 2.40. The number of rotatable bonds is 9. The van der Waals surface area contributed by atoms with E-state index in [0.29, 0.717) is 25.4 Å². The third-order valence-corrected chi connectivity index (χ3v) is 4.93. The van der Waals surface area contributed by atoms with Crippen LogP contribution in [0.2, 0.25) is 0 Å². The Labute approximate surface area is 150 Å². The number of aliphatic hydroxyl groups excluding tert-OH is 1. The maximum Gasteiger partial charge on any atom is 0.226 e. The first kappa shape index (κ1) is 17.7. The van der Waals surface area contributed by atoms with Crippen LogP contribution < -0.4 is 0 Å². The van der Waals surface area contributed by atoms with E-state index in [2.05, 4.69) is 24.3 Å². The third kappa shape index (κ3) is 5.17. The van der Waals surface area contributed by atoms with E-state index in [0.717, 1.165) is 30.4 Å². The minimum absolute atomic E-state index is 0.0552. The molecule has 0 radical (unpaired) electrons. The fourth-order valence-corrected chi connectivity index (χ4v) is 3.42. The van der Waals surface area contributed by atoms with Crippen molar-refractivity contribution in [3.05, 3.63) is 71.8 Å². The van der Waals surface area contributed by atoms with Gasteiger partial charge in [0.15, 0.2) is 0 Å². The molecule has 3 nitrogen and oxygen atoms in total. The van der Waals surface area contributed by atoms with Crippen molar-refractivity contribution in [2.24, 2.45) is 11.8 Å². The Hall–Kier alpha value is -2.13. The van der Waals surface area contributed by atoms with Gasteiger partial charge < -0.3 is 10.0 Å². The molecule has 0 aliphatic heterocycles. The van der Waals surface area contributed by atoms with Gasteiger partial charge in [0.2, 0.25) is 5.91 Å². The molecule has 2 aromatic rings. The maximum atomic E-state index is 13.3. The summed E-state index contributed by atoms with van der Waals surface area (Å²) in [6.45, 7) is 1.43. The second-order valence-electron chi connectivity index (χ2n) is 6.98. The molecule has 0 heterocycles. The second kappa shape index (κ2) is 8.82. The quantitative estimate of drug-likeness (QED) is 0.751. The molecule has 1 saturated carbocycles. The Morgan fingerprint density at radius 2 is 1.48 bits per heavy atom. The van der Waals surface area contributed by atoms with Gasteiger partial charge in [-0.05, 0) is 42.7 Å². The summed E-state index contributed by atoms with van der Waals surface area (Å²) in [6.07, 6.45) is 3.79. The Bertz CT molecular complexity index is 611. The predicted molar refractivity (Wildman–Crippen MR) is 99.7 cm³/mol. The SMILES string of the molecule is O=C(C(CCCO)C1CC1)N(Cc1ccccc1)Cc1ccccc1. The molecule has 3 rings (SSSR count). The molecule has 3 heteroatoms. The second-order valence-corrected chi connectivity index (χ2v) is 6.98. The van der Waals surface area contributed by atoms with E-state index in [1.807, 2.05) is 41.3 Å². The highest BCUT2D eigenvalue weighted by molar-refractivity contribution is 5.79. The Morgan fingerprint density at radius 1 is 0.960 bits per heavy atom. The molecule has 0 aromatic heterocycles. The van der Waals surface area contributed by atoms with Gasteiger partial charge in [0.05, 0.1) is 0 Å². The van der Waals surface area contributed by atoms with Gasteiger partial charge in [0, 0.05) is 25.6 Å². The molecule has 1 unspecified atom stereocenters. The fraction of sp³-hybridized carbons (Fsp3) is 0.409. The molecule has 0 bridgehead atoms. The van der Waals surface area contributed by atoms with Crippen LogP contribution in [0.3, 0.4) is 0 Å². The molecule has 0 spiro atoms. The summed E-state index contributed by atoms with van der Waals surface area (Å²) in [5.41, 5.74) is 2.31. The lowest BCUT2D eigenvalue weighted by Gasteiger charge is -2.28. The number of hydrogen-bond donors (Lipinski definition) is 1. The zero-order chi connectivity index (χ0) is 17.5. The minimum Gasteiger partial charge on any atom is -0.396 e. The number of nitrogens with zero attached hydrogens (tertiary/aromatic N) is 1. The Morgan fingerprint density at radius 3 is 1.92 bits per heavy atom. The van der Waals surface area contributed by atoms with E-state index in [4.69, 9.17) is 0 Å². The van der Waals surface area contributed by atoms with Gasteiger partial charge in [-0.1, -0.05) is 60.7 Å². The summed E-state index contributed by atoms with van der Waals surface area (Å²) < 4.78 is 0. The van der Waals surface area contributed by atoms with Crippen molar-refractivity contribution in [1.82, 2.24) is 4.90 Å². The molecule has 0 saturated heterocycles. The van der Waals surface area contributed by atoms with E-state index < -0.39 is 0 Å². The van der Waals surface area contributed by atoms with Crippen LogP contribution in [0.5, 0.6) is 0 Å². The van der Waals surface area contributed by atoms with E-state index >= 15 is 0 Å². The summed E-state index contributed by atoms with van der Waals surface area (Å²) in [4.78, 5) is 15.3. The number of benzene rings is 2. The zero-order valence-electron chi connectivity index (χ0n) is 14.7. The highest BCUT2D eigenvalue weighted by atomic mass is 16.3. The molecule has 1 N–H and O–H groups in total. The minimum atomic E-state index is 0.0552. The van der Waals surface area contributed by atoms with Crippen molar-refractivity contribution in [1.29, 1.82) is 0 Å². The number of aliphatic hydroxyl groups is 1. The molecule has 1 atom stereocenters. The van der Waals surface area contributed by atoms with E-state index in [9.17, 15) is 9.90 Å². The molecule has 2 aromatic carbocycles. The molecule has 132 valence electrons. The lowest BCUT2D eigenvalue weighted by atomic mass is 9.95. The van der Waals surface area contributed by atoms with Gasteiger partial charge in [0.25, 0.3) is 0 Å². The largest absolute Gasteiger partial charge is 0.396 e. The van der Waals surface area contributed by atoms with E-state index in [-0.39, 0.29) is 18.4 Å². The van der Waals surface area contributed by atoms with Gasteiger partial charge >= 0.3 is 0 Å². The van der Waals surface area contributed by atoms with Crippen LogP contribution in [-0.4, -0.2) is 22.5 Å². The topological polar surface area (TPSA) is 40.5 Å². The fourth-order valence-electron chi connectivity index (χ4n) is 3.42. The third-order valence-electron chi connectivity index (χ3n) is 4.93. The number of amides is 1. The lowest BCUT2D eigenvalue weighted by Crippen LogP contribution is -2.36. The number of hydrogen-bond acceptors (Lipinski definition) is 2. The van der Waals surface area contributed by atoms with Crippen LogP contribution in [0.15, 0.2) is 60.7 Å². The van der Waals surface area contributed by atoms with Crippen LogP contribution in [0, 0.1) is 11.8 Å². The van der Waals surface area contributed by atoms with Crippen LogP contribution in [0.1, 0.15) is 36.8 Å². The first-order chi connectivity index (χ1) is 12.3. The number of carbonyl (C=O) groups excluding carboxylic acids is 1. The van der Waals surface area contributed by atoms with Gasteiger partial charge in [-0.25, -0.2) is 0 Å². The van der Waals surface area contributed by atoms with Crippen molar-refractivity contribution in [3.8, 4) is 0 Å². The van der Waals surface area contributed by atoms with Crippen LogP contribution in [0.4, 0.5) is 0 Å². The van der Waals surface area contributed by atoms with Crippen molar-refractivity contribution in [3.63, 3.8) is 0 Å². The highest BCUT2D eigenvalue weighted by Gasteiger charge is 2.37. The summed E-state index contributed by atoms with van der Waals surface area (Å²) in [5.74, 6) is 0.802. The summed E-state index contributed by atoms with van der Waals surface area (Å²) in [6, 6.07) is 20.4. The molecule has 1 fully saturated rings. The average molecular weight is 337 g/mol. The predicted octanol–water partition coefficient (Wildman–Crippen LogP) is 4.01. The molecular formula is C22H27NO2. The molecule has 25 heavy (non-hydrogen) atoms. The monoisotopic (exact) mass is 337 g/mol. The van der Waals surface area contributed by atoms with Crippen molar-refractivity contribution >= 4 is 5.91 Å². The number of carbonyl (C=O) groups is 1. The molecule has 1 amide bonds. The maximum absolute atomic E-state index is 13.3. The standard InChI is InChI=1S/C22H27NO2/c24-15-7-12-21(20-13-14-20)22(25)23(16-18-8-3-1-4-9-18)17-19-10-5-2-6-11-19/h1-6,8-11,20-21,24H,7,12-17H2. The summed E-state index contributed by atoms with van der Waals surface area (Å²) in [7, 11) is 0. The van der Waals surface area contributed by atoms with E-state index in [1.54, 1.807) is 0 Å². The van der Waals surface area contributed by atoms with Crippen molar-refractivity contribution in [2.45, 2.75) is 38.8 Å². The van der Waals surface area contributed by atoms with Crippen molar-refractivity contribution < 1.29 is 9.90 Å². The smallest absolute Gasteiger partial charge is 0.226 e. The molecule has 1 aliphatic carbocycles. The normalized spacial score (nSPS) is 14.9. The van der Waals surface area contributed by atoms with Crippen LogP contribution in [-0.2, 0) is 17.9 Å². The van der Waals surface area contributed by atoms with Gasteiger partial charge in [0.1, 0.15) is 0 Å². The first-order valence-electron chi connectivity index (χ1n) is 9.25. The molecular weight excluding hydrogens is 310 g/mol. The van der Waals surface area contributed by atoms with Crippen molar-refractivity contribution in [2.75, 3.05) is 6.61 Å². The first-order valence-corrected chi connectivity index (χ1v) is 9.25. The van der Waals surface area contributed by atoms with Gasteiger partial charge in [-0.3, -0.25) is 4.79 Å². The Balaban J connectivity index is 1.77. The van der Waals surface area contributed by atoms with Gasteiger partial charge in [-0.2, -0.15) is 0 Å².